The Labute approximate surface area is 109 Å². The molecule has 1 aromatic heterocycles. The van der Waals surface area contributed by atoms with Crippen molar-refractivity contribution in [1.82, 2.24) is 9.78 Å². The van der Waals surface area contributed by atoms with Gasteiger partial charge >= 0.3 is 0 Å². The van der Waals surface area contributed by atoms with E-state index in [0.29, 0.717) is 12.5 Å². The van der Waals surface area contributed by atoms with E-state index in [0.717, 1.165) is 5.69 Å². The van der Waals surface area contributed by atoms with Crippen molar-refractivity contribution in [2.45, 2.75) is 64.2 Å². The van der Waals surface area contributed by atoms with Crippen molar-refractivity contribution in [1.29, 1.82) is 0 Å². The van der Waals surface area contributed by atoms with Crippen LogP contribution in [0.4, 0.5) is 0 Å². The molecular formula is C14H24N2O2. The number of nitrogens with zero attached hydrogens (tertiary/aromatic N) is 2. The molecule has 2 unspecified atom stereocenters. The Morgan fingerprint density at radius 1 is 1.33 bits per heavy atom. The van der Waals surface area contributed by atoms with Gasteiger partial charge in [0.2, 0.25) is 0 Å². The van der Waals surface area contributed by atoms with Crippen LogP contribution in [0.2, 0.25) is 0 Å². The second-order valence-electron chi connectivity index (χ2n) is 5.73. The van der Waals surface area contributed by atoms with E-state index in [1.807, 2.05) is 30.8 Å². The van der Waals surface area contributed by atoms with Gasteiger partial charge in [0.25, 0.3) is 0 Å². The zero-order chi connectivity index (χ0) is 13.1. The van der Waals surface area contributed by atoms with Crippen molar-refractivity contribution in [2.75, 3.05) is 0 Å². The molecule has 0 aliphatic heterocycles. The highest BCUT2D eigenvalue weighted by Crippen LogP contribution is 2.28. The number of aliphatic hydroxyl groups is 2. The summed E-state index contributed by atoms with van der Waals surface area (Å²) in [6, 6.07) is 2.49. The molecule has 0 spiro atoms. The SMILES string of the molecule is CC(C)C(O)C(O)Cc1ccn(C2CCCC2)n1. The second kappa shape index (κ2) is 5.85. The Morgan fingerprint density at radius 3 is 2.61 bits per heavy atom. The van der Waals surface area contributed by atoms with Crippen molar-refractivity contribution >= 4 is 0 Å². The van der Waals surface area contributed by atoms with Crippen molar-refractivity contribution < 1.29 is 10.2 Å². The molecule has 0 amide bonds. The Morgan fingerprint density at radius 2 is 2.00 bits per heavy atom. The first kappa shape index (κ1) is 13.6. The second-order valence-corrected chi connectivity index (χ2v) is 5.73. The average molecular weight is 252 g/mol. The first-order valence-electron chi connectivity index (χ1n) is 6.98. The van der Waals surface area contributed by atoms with E-state index in [1.165, 1.54) is 25.7 Å². The van der Waals surface area contributed by atoms with Crippen LogP contribution in [-0.4, -0.2) is 32.2 Å². The summed E-state index contributed by atoms with van der Waals surface area (Å²) in [5.41, 5.74) is 0.870. The number of hydrogen-bond acceptors (Lipinski definition) is 3. The highest BCUT2D eigenvalue weighted by atomic mass is 16.3. The molecular weight excluding hydrogens is 228 g/mol. The zero-order valence-corrected chi connectivity index (χ0v) is 11.3. The van der Waals surface area contributed by atoms with Crippen LogP contribution >= 0.6 is 0 Å². The predicted octanol–water partition coefficient (Wildman–Crippen LogP) is 1.92. The molecule has 4 heteroatoms. The van der Waals surface area contributed by atoms with Gasteiger partial charge in [-0.25, -0.2) is 0 Å². The molecule has 2 rings (SSSR count). The lowest BCUT2D eigenvalue weighted by Gasteiger charge is -2.20. The Bertz CT molecular complexity index is 370. The number of hydrogen-bond donors (Lipinski definition) is 2. The lowest BCUT2D eigenvalue weighted by atomic mass is 9.99. The van der Waals surface area contributed by atoms with Gasteiger partial charge in [-0.15, -0.1) is 0 Å². The summed E-state index contributed by atoms with van der Waals surface area (Å²) in [7, 11) is 0. The fourth-order valence-electron chi connectivity index (χ4n) is 2.64. The molecule has 18 heavy (non-hydrogen) atoms. The summed E-state index contributed by atoms with van der Waals surface area (Å²) < 4.78 is 2.02. The van der Waals surface area contributed by atoms with Gasteiger partial charge in [-0.3, -0.25) is 4.68 Å². The van der Waals surface area contributed by atoms with E-state index in [9.17, 15) is 10.2 Å². The highest BCUT2D eigenvalue weighted by molar-refractivity contribution is 5.02. The lowest BCUT2D eigenvalue weighted by Crippen LogP contribution is -2.32. The Hall–Kier alpha value is -0.870. The van der Waals surface area contributed by atoms with Crippen LogP contribution in [0.3, 0.4) is 0 Å². The molecule has 0 saturated heterocycles. The van der Waals surface area contributed by atoms with Crippen LogP contribution in [0.5, 0.6) is 0 Å². The number of aliphatic hydroxyl groups excluding tert-OH is 2. The highest BCUT2D eigenvalue weighted by Gasteiger charge is 2.22. The molecule has 1 fully saturated rings. The molecule has 1 saturated carbocycles. The standard InChI is InChI=1S/C14H24N2O2/c1-10(2)14(18)13(17)9-11-7-8-16(15-11)12-5-3-4-6-12/h7-8,10,12-14,17-18H,3-6,9H2,1-2H3. The van der Waals surface area contributed by atoms with Gasteiger partial charge < -0.3 is 10.2 Å². The summed E-state index contributed by atoms with van der Waals surface area (Å²) in [5, 5.41) is 24.2. The van der Waals surface area contributed by atoms with Gasteiger partial charge in [-0.05, 0) is 24.8 Å². The summed E-state index contributed by atoms with van der Waals surface area (Å²) >= 11 is 0. The van der Waals surface area contributed by atoms with E-state index < -0.39 is 12.2 Å². The molecule has 1 aliphatic carbocycles. The summed E-state index contributed by atoms with van der Waals surface area (Å²) in [6.45, 7) is 3.82. The van der Waals surface area contributed by atoms with Gasteiger partial charge in [0, 0.05) is 12.6 Å². The third kappa shape index (κ3) is 3.12. The lowest BCUT2D eigenvalue weighted by molar-refractivity contribution is -0.00786. The molecule has 1 aromatic rings. The van der Waals surface area contributed by atoms with Crippen molar-refractivity contribution in [3.8, 4) is 0 Å². The molecule has 1 aliphatic rings. The maximum Gasteiger partial charge on any atom is 0.0857 e. The van der Waals surface area contributed by atoms with Gasteiger partial charge in [-0.1, -0.05) is 26.7 Å². The predicted molar refractivity (Wildman–Crippen MR) is 70.3 cm³/mol. The van der Waals surface area contributed by atoms with Gasteiger partial charge in [-0.2, -0.15) is 5.10 Å². The summed E-state index contributed by atoms with van der Waals surface area (Å²) in [6.07, 6.45) is 6.01. The minimum Gasteiger partial charge on any atom is -0.390 e. The molecule has 0 radical (unpaired) electrons. The number of aromatic nitrogens is 2. The summed E-state index contributed by atoms with van der Waals surface area (Å²) in [4.78, 5) is 0. The van der Waals surface area contributed by atoms with Crippen LogP contribution < -0.4 is 0 Å². The molecule has 2 N–H and O–H groups in total. The molecule has 4 nitrogen and oxygen atoms in total. The zero-order valence-electron chi connectivity index (χ0n) is 11.3. The first-order chi connectivity index (χ1) is 8.58. The van der Waals surface area contributed by atoms with E-state index in [1.54, 1.807) is 0 Å². The van der Waals surface area contributed by atoms with Gasteiger partial charge in [0.1, 0.15) is 0 Å². The van der Waals surface area contributed by atoms with Crippen LogP contribution in [0.25, 0.3) is 0 Å². The fourth-order valence-corrected chi connectivity index (χ4v) is 2.64. The third-order valence-electron chi connectivity index (χ3n) is 3.86. The molecule has 0 aromatic carbocycles. The van der Waals surface area contributed by atoms with E-state index in [4.69, 9.17) is 0 Å². The molecule has 2 atom stereocenters. The van der Waals surface area contributed by atoms with Crippen molar-refractivity contribution in [3.63, 3.8) is 0 Å². The normalized spacial score (nSPS) is 20.5. The smallest absolute Gasteiger partial charge is 0.0857 e. The minimum absolute atomic E-state index is 0.0666. The van der Waals surface area contributed by atoms with Gasteiger partial charge in [0.15, 0.2) is 0 Å². The topological polar surface area (TPSA) is 58.3 Å². The van der Waals surface area contributed by atoms with Crippen molar-refractivity contribution in [3.05, 3.63) is 18.0 Å². The quantitative estimate of drug-likeness (QED) is 0.841. The average Bonchev–Trinajstić information content (AvgIpc) is 2.96. The monoisotopic (exact) mass is 252 g/mol. The molecule has 1 heterocycles. The van der Waals surface area contributed by atoms with E-state index in [-0.39, 0.29) is 5.92 Å². The largest absolute Gasteiger partial charge is 0.390 e. The number of rotatable bonds is 5. The Kier molecular flexibility index (Phi) is 4.40. The van der Waals surface area contributed by atoms with Crippen LogP contribution in [-0.2, 0) is 6.42 Å². The fraction of sp³-hybridized carbons (Fsp3) is 0.786. The molecule has 102 valence electrons. The van der Waals surface area contributed by atoms with Crippen LogP contribution in [0.1, 0.15) is 51.3 Å². The van der Waals surface area contributed by atoms with Crippen LogP contribution in [0, 0.1) is 5.92 Å². The van der Waals surface area contributed by atoms with E-state index >= 15 is 0 Å². The van der Waals surface area contributed by atoms with Crippen molar-refractivity contribution in [2.24, 2.45) is 5.92 Å². The molecule has 0 bridgehead atoms. The third-order valence-corrected chi connectivity index (χ3v) is 3.86. The van der Waals surface area contributed by atoms with Crippen LogP contribution in [0.15, 0.2) is 12.3 Å². The first-order valence-corrected chi connectivity index (χ1v) is 6.98. The Balaban J connectivity index is 1.93. The van der Waals surface area contributed by atoms with E-state index in [2.05, 4.69) is 5.10 Å². The maximum absolute atomic E-state index is 9.92. The van der Waals surface area contributed by atoms with Gasteiger partial charge in [0.05, 0.1) is 23.9 Å². The maximum atomic E-state index is 9.92. The minimum atomic E-state index is -0.725. The summed E-state index contributed by atoms with van der Waals surface area (Å²) in [5.74, 6) is 0.0666.